The van der Waals surface area contributed by atoms with Crippen LogP contribution >= 0.6 is 0 Å². The first-order chi connectivity index (χ1) is 15.6. The van der Waals surface area contributed by atoms with Gasteiger partial charge in [-0.25, -0.2) is 4.39 Å². The second kappa shape index (κ2) is 8.90. The Balaban J connectivity index is 1.08. The van der Waals surface area contributed by atoms with Gasteiger partial charge in [-0.3, -0.25) is 4.79 Å². The van der Waals surface area contributed by atoms with Crippen molar-refractivity contribution in [3.63, 3.8) is 0 Å². The molecule has 0 aliphatic carbocycles. The summed E-state index contributed by atoms with van der Waals surface area (Å²) in [5.41, 5.74) is 3.35. The monoisotopic (exact) mass is 437 g/mol. The number of amides is 1. The highest BCUT2D eigenvalue weighted by Gasteiger charge is 2.25. The van der Waals surface area contributed by atoms with Gasteiger partial charge in [0.25, 0.3) is 5.91 Å². The maximum atomic E-state index is 13.4. The Morgan fingerprint density at radius 2 is 2.00 bits per heavy atom. The molecule has 0 radical (unpaired) electrons. The summed E-state index contributed by atoms with van der Waals surface area (Å²) in [7, 11) is 1.84. The van der Waals surface area contributed by atoms with E-state index in [9.17, 15) is 9.18 Å². The molecule has 0 saturated carbocycles. The molecule has 0 spiro atoms. The van der Waals surface area contributed by atoms with Crippen LogP contribution in [0.5, 0.6) is 5.75 Å². The number of rotatable bonds is 6. The number of ether oxygens (including phenoxy) is 1. The molecule has 32 heavy (non-hydrogen) atoms. The van der Waals surface area contributed by atoms with Crippen LogP contribution in [-0.2, 0) is 6.42 Å². The number of carbonyl (C=O) groups is 1. The molecule has 1 saturated heterocycles. The van der Waals surface area contributed by atoms with Gasteiger partial charge >= 0.3 is 0 Å². The number of likely N-dealkylation sites (tertiary alicyclic amines) is 1. The van der Waals surface area contributed by atoms with E-state index in [0.717, 1.165) is 79.8 Å². The third-order valence-electron chi connectivity index (χ3n) is 6.69. The Bertz CT molecular complexity index is 1120. The van der Waals surface area contributed by atoms with Crippen molar-refractivity contribution in [3.05, 3.63) is 59.0 Å². The summed E-state index contributed by atoms with van der Waals surface area (Å²) in [6.45, 7) is 4.42. The summed E-state index contributed by atoms with van der Waals surface area (Å²) < 4.78 is 24.7. The molecule has 0 bridgehead atoms. The molecule has 0 N–H and O–H groups in total. The summed E-state index contributed by atoms with van der Waals surface area (Å²) in [5.74, 6) is 0.987. The summed E-state index contributed by atoms with van der Waals surface area (Å²) in [6.07, 6.45) is 3.87. The summed E-state index contributed by atoms with van der Waals surface area (Å²) >= 11 is 0. The number of benzene rings is 2. The smallest absolute Gasteiger partial charge is 0.253 e. The van der Waals surface area contributed by atoms with E-state index in [1.54, 1.807) is 11.0 Å². The zero-order chi connectivity index (χ0) is 22.1. The third-order valence-corrected chi connectivity index (χ3v) is 6.69. The number of nitrogens with zero attached hydrogens (tertiary/aromatic N) is 3. The lowest BCUT2D eigenvalue weighted by atomic mass is 9.91. The minimum absolute atomic E-state index is 0.0898. The predicted octanol–water partition coefficient (Wildman–Crippen LogP) is 4.24. The number of fused-ring (bicyclic) bond motifs is 2. The number of likely N-dealkylation sites (N-methyl/N-ethyl adjacent to an activating group) is 1. The van der Waals surface area contributed by atoms with Gasteiger partial charge in [0.1, 0.15) is 11.6 Å². The normalized spacial score (nSPS) is 17.7. The first-order valence-electron chi connectivity index (χ1n) is 11.4. The van der Waals surface area contributed by atoms with E-state index in [0.29, 0.717) is 18.1 Å². The lowest BCUT2D eigenvalue weighted by Crippen LogP contribution is -2.34. The lowest BCUT2D eigenvalue weighted by Gasteiger charge is -2.31. The largest absolute Gasteiger partial charge is 0.494 e. The van der Waals surface area contributed by atoms with Gasteiger partial charge in [0.15, 0.2) is 5.58 Å². The summed E-state index contributed by atoms with van der Waals surface area (Å²) in [6, 6.07) is 10.4. The van der Waals surface area contributed by atoms with Gasteiger partial charge in [-0.05, 0) is 74.7 Å². The van der Waals surface area contributed by atoms with Crippen molar-refractivity contribution in [3.8, 4) is 5.75 Å². The quantitative estimate of drug-likeness (QED) is 0.540. The second-order valence-corrected chi connectivity index (χ2v) is 8.82. The molecule has 1 amide bonds. The first kappa shape index (κ1) is 20.9. The van der Waals surface area contributed by atoms with Crippen LogP contribution in [0.3, 0.4) is 0 Å². The van der Waals surface area contributed by atoms with E-state index in [-0.39, 0.29) is 11.7 Å². The Labute approximate surface area is 186 Å². The number of halogens is 1. The molecule has 5 rings (SSSR count). The van der Waals surface area contributed by atoms with Gasteiger partial charge in [-0.1, -0.05) is 5.16 Å². The molecule has 6 nitrogen and oxygen atoms in total. The van der Waals surface area contributed by atoms with Crippen molar-refractivity contribution < 1.29 is 18.4 Å². The van der Waals surface area contributed by atoms with E-state index in [1.165, 1.54) is 12.1 Å². The molecule has 0 atom stereocenters. The molecule has 2 aromatic carbocycles. The minimum atomic E-state index is -0.297. The molecule has 3 aromatic rings. The van der Waals surface area contributed by atoms with Crippen LogP contribution in [0.15, 0.2) is 40.9 Å². The molecule has 7 heteroatoms. The van der Waals surface area contributed by atoms with Crippen molar-refractivity contribution in [2.75, 3.05) is 39.8 Å². The maximum absolute atomic E-state index is 13.4. The van der Waals surface area contributed by atoms with E-state index in [2.05, 4.69) is 10.1 Å². The molecule has 1 aromatic heterocycles. The van der Waals surface area contributed by atoms with Gasteiger partial charge < -0.3 is 19.1 Å². The molecular formula is C25H28FN3O3. The summed E-state index contributed by atoms with van der Waals surface area (Å²) in [5, 5.41) is 5.16. The van der Waals surface area contributed by atoms with Gasteiger partial charge in [0.05, 0.1) is 12.3 Å². The van der Waals surface area contributed by atoms with Crippen molar-refractivity contribution in [2.45, 2.75) is 31.6 Å². The number of piperidine rings is 1. The van der Waals surface area contributed by atoms with Gasteiger partial charge in [0.2, 0.25) is 0 Å². The highest BCUT2D eigenvalue weighted by Crippen LogP contribution is 2.32. The predicted molar refractivity (Wildman–Crippen MR) is 120 cm³/mol. The topological polar surface area (TPSA) is 58.8 Å². The molecule has 2 aliphatic heterocycles. The van der Waals surface area contributed by atoms with Crippen molar-refractivity contribution in [1.82, 2.24) is 15.0 Å². The molecule has 1 fully saturated rings. The molecule has 168 valence electrons. The fourth-order valence-electron chi connectivity index (χ4n) is 4.80. The van der Waals surface area contributed by atoms with Crippen LogP contribution in [0.2, 0.25) is 0 Å². The van der Waals surface area contributed by atoms with E-state index >= 15 is 0 Å². The zero-order valence-corrected chi connectivity index (χ0v) is 18.3. The Morgan fingerprint density at radius 3 is 2.84 bits per heavy atom. The van der Waals surface area contributed by atoms with Crippen LogP contribution in [-0.4, -0.2) is 60.7 Å². The highest BCUT2D eigenvalue weighted by atomic mass is 19.1. The van der Waals surface area contributed by atoms with E-state index in [1.807, 2.05) is 25.2 Å². The standard InChI is InChI=1S/C25H28FN3O3/c1-28-11-7-18-15-20(4-6-21(18)25(28)30)31-14-2-10-29-12-8-17(9-13-29)24-22-5-3-19(26)16-23(22)32-27-24/h3-6,15-17H,2,7-14H2,1H3. The van der Waals surface area contributed by atoms with Crippen LogP contribution in [0.4, 0.5) is 4.39 Å². The third kappa shape index (κ3) is 4.21. The molecule has 3 heterocycles. The summed E-state index contributed by atoms with van der Waals surface area (Å²) in [4.78, 5) is 16.4. The fraction of sp³-hybridized carbons (Fsp3) is 0.440. The average molecular weight is 438 g/mol. The second-order valence-electron chi connectivity index (χ2n) is 8.82. The number of hydrogen-bond donors (Lipinski definition) is 0. The zero-order valence-electron chi connectivity index (χ0n) is 18.3. The maximum Gasteiger partial charge on any atom is 0.253 e. The Hall–Kier alpha value is -2.93. The van der Waals surface area contributed by atoms with Gasteiger partial charge in [0, 0.05) is 43.1 Å². The van der Waals surface area contributed by atoms with E-state index < -0.39 is 0 Å². The Morgan fingerprint density at radius 1 is 1.16 bits per heavy atom. The first-order valence-corrected chi connectivity index (χ1v) is 11.4. The van der Waals surface area contributed by atoms with Crippen LogP contribution in [0.1, 0.15) is 46.8 Å². The SMILES string of the molecule is CN1CCc2cc(OCCCN3CCC(c4noc5cc(F)ccc45)CC3)ccc2C1=O. The molecule has 0 unspecified atom stereocenters. The van der Waals surface area contributed by atoms with Crippen LogP contribution < -0.4 is 4.74 Å². The van der Waals surface area contributed by atoms with Crippen molar-refractivity contribution in [2.24, 2.45) is 0 Å². The number of hydrogen-bond acceptors (Lipinski definition) is 5. The van der Waals surface area contributed by atoms with E-state index in [4.69, 9.17) is 9.26 Å². The van der Waals surface area contributed by atoms with Crippen LogP contribution in [0, 0.1) is 5.82 Å². The number of aromatic nitrogens is 1. The average Bonchev–Trinajstić information content (AvgIpc) is 3.22. The molecule has 2 aliphatic rings. The van der Waals surface area contributed by atoms with Crippen molar-refractivity contribution >= 4 is 16.9 Å². The van der Waals surface area contributed by atoms with Gasteiger partial charge in [-0.15, -0.1) is 0 Å². The van der Waals surface area contributed by atoms with Crippen molar-refractivity contribution in [1.29, 1.82) is 0 Å². The van der Waals surface area contributed by atoms with Crippen LogP contribution in [0.25, 0.3) is 11.0 Å². The highest BCUT2D eigenvalue weighted by molar-refractivity contribution is 5.96. The Kier molecular flexibility index (Phi) is 5.83. The van der Waals surface area contributed by atoms with Gasteiger partial charge in [-0.2, -0.15) is 0 Å². The minimum Gasteiger partial charge on any atom is -0.494 e. The molecular weight excluding hydrogens is 409 g/mol. The fourth-order valence-corrected chi connectivity index (χ4v) is 4.80. The lowest BCUT2D eigenvalue weighted by molar-refractivity contribution is 0.0780. The number of carbonyl (C=O) groups excluding carboxylic acids is 1.